The molecule has 1 aromatic rings. The summed E-state index contributed by atoms with van der Waals surface area (Å²) in [5.74, 6) is 0.544. The van der Waals surface area contributed by atoms with E-state index in [0.29, 0.717) is 25.4 Å². The molecule has 1 aliphatic rings. The first-order valence-electron chi connectivity index (χ1n) is 5.52. The molecule has 1 fully saturated rings. The normalized spacial score (nSPS) is 25.1. The van der Waals surface area contributed by atoms with Gasteiger partial charge in [-0.2, -0.15) is 0 Å². The minimum atomic E-state index is -0.757. The average Bonchev–Trinajstić information content (AvgIpc) is 2.87. The van der Waals surface area contributed by atoms with E-state index in [1.54, 1.807) is 23.3 Å². The molecule has 0 bridgehead atoms. The van der Waals surface area contributed by atoms with Crippen LogP contribution in [0.4, 0.5) is 0 Å². The van der Waals surface area contributed by atoms with Crippen LogP contribution in [0.3, 0.4) is 0 Å². The lowest BCUT2D eigenvalue weighted by Crippen LogP contribution is -2.36. The van der Waals surface area contributed by atoms with Crippen LogP contribution < -0.4 is 5.32 Å². The van der Waals surface area contributed by atoms with Crippen molar-refractivity contribution in [2.75, 3.05) is 19.6 Å². The van der Waals surface area contributed by atoms with Gasteiger partial charge in [0.25, 0.3) is 0 Å². The van der Waals surface area contributed by atoms with Gasteiger partial charge in [0.15, 0.2) is 0 Å². The topological polar surface area (TPSA) is 85.9 Å². The van der Waals surface area contributed by atoms with Crippen LogP contribution in [0.5, 0.6) is 0 Å². The van der Waals surface area contributed by atoms with Gasteiger partial charge in [0.05, 0.1) is 31.6 Å². The third-order valence-corrected chi connectivity index (χ3v) is 2.74. The molecule has 1 aromatic heterocycles. The van der Waals surface area contributed by atoms with Crippen LogP contribution in [0.1, 0.15) is 5.76 Å². The van der Waals surface area contributed by atoms with Gasteiger partial charge in [0.2, 0.25) is 5.91 Å². The second kappa shape index (κ2) is 5.31. The predicted octanol–water partition coefficient (Wildman–Crippen LogP) is -1.07. The molecule has 6 heteroatoms. The first-order chi connectivity index (χ1) is 8.15. The molecule has 2 rings (SSSR count). The van der Waals surface area contributed by atoms with E-state index in [1.807, 2.05) is 0 Å². The molecule has 17 heavy (non-hydrogen) atoms. The zero-order valence-electron chi connectivity index (χ0n) is 9.37. The maximum absolute atomic E-state index is 11.5. The van der Waals surface area contributed by atoms with Crippen LogP contribution >= 0.6 is 0 Å². The van der Waals surface area contributed by atoms with Crippen molar-refractivity contribution in [1.82, 2.24) is 10.2 Å². The number of aliphatic hydroxyl groups excluding tert-OH is 2. The second-order valence-electron chi connectivity index (χ2n) is 4.18. The summed E-state index contributed by atoms with van der Waals surface area (Å²) >= 11 is 0. The Kier molecular flexibility index (Phi) is 3.78. The van der Waals surface area contributed by atoms with Gasteiger partial charge in [-0.3, -0.25) is 9.69 Å². The van der Waals surface area contributed by atoms with Crippen LogP contribution in [0.25, 0.3) is 0 Å². The van der Waals surface area contributed by atoms with Gasteiger partial charge in [0, 0.05) is 13.1 Å². The summed E-state index contributed by atoms with van der Waals surface area (Å²) in [6.07, 6.45) is 0.0371. The molecule has 3 N–H and O–H groups in total. The number of carbonyl (C=O) groups is 1. The highest BCUT2D eigenvalue weighted by atomic mass is 16.3. The van der Waals surface area contributed by atoms with E-state index in [-0.39, 0.29) is 12.5 Å². The highest BCUT2D eigenvalue weighted by Gasteiger charge is 2.30. The molecule has 0 saturated carbocycles. The molecule has 2 atom stereocenters. The number of carbonyl (C=O) groups excluding carboxylic acids is 1. The Morgan fingerprint density at radius 2 is 2.18 bits per heavy atom. The van der Waals surface area contributed by atoms with Crippen LogP contribution in [0.15, 0.2) is 22.8 Å². The Morgan fingerprint density at radius 3 is 2.76 bits per heavy atom. The average molecular weight is 240 g/mol. The molecule has 1 saturated heterocycles. The van der Waals surface area contributed by atoms with Crippen molar-refractivity contribution in [3.63, 3.8) is 0 Å². The molecule has 0 unspecified atom stereocenters. The lowest BCUT2D eigenvalue weighted by Gasteiger charge is -2.13. The predicted molar refractivity (Wildman–Crippen MR) is 59.0 cm³/mol. The van der Waals surface area contributed by atoms with E-state index in [4.69, 9.17) is 4.42 Å². The van der Waals surface area contributed by atoms with E-state index >= 15 is 0 Å². The van der Waals surface area contributed by atoms with Crippen LogP contribution in [0, 0.1) is 0 Å². The molecule has 2 heterocycles. The summed E-state index contributed by atoms with van der Waals surface area (Å²) in [4.78, 5) is 13.3. The van der Waals surface area contributed by atoms with Crippen molar-refractivity contribution >= 4 is 5.91 Å². The number of nitrogens with one attached hydrogen (secondary N) is 1. The Labute approximate surface area is 98.8 Å². The highest BCUT2D eigenvalue weighted by molar-refractivity contribution is 5.78. The fourth-order valence-corrected chi connectivity index (χ4v) is 1.83. The van der Waals surface area contributed by atoms with Crippen LogP contribution in [-0.4, -0.2) is 52.9 Å². The van der Waals surface area contributed by atoms with Gasteiger partial charge in [-0.1, -0.05) is 0 Å². The fourth-order valence-electron chi connectivity index (χ4n) is 1.83. The number of nitrogens with zero attached hydrogens (tertiary/aromatic N) is 1. The minimum Gasteiger partial charge on any atom is -0.467 e. The summed E-state index contributed by atoms with van der Waals surface area (Å²) in [5.41, 5.74) is 0. The van der Waals surface area contributed by atoms with Gasteiger partial charge in [-0.05, 0) is 12.1 Å². The smallest absolute Gasteiger partial charge is 0.234 e. The van der Waals surface area contributed by atoms with Crippen LogP contribution in [-0.2, 0) is 11.3 Å². The molecule has 0 spiro atoms. The molecule has 0 aliphatic carbocycles. The quantitative estimate of drug-likeness (QED) is 0.624. The van der Waals surface area contributed by atoms with Gasteiger partial charge >= 0.3 is 0 Å². The number of likely N-dealkylation sites (tertiary alicyclic amines) is 1. The summed E-state index contributed by atoms with van der Waals surface area (Å²) in [6.45, 7) is 1.18. The second-order valence-corrected chi connectivity index (χ2v) is 4.18. The Bertz CT molecular complexity index is 356. The maximum Gasteiger partial charge on any atom is 0.234 e. The van der Waals surface area contributed by atoms with E-state index in [1.165, 1.54) is 0 Å². The van der Waals surface area contributed by atoms with Gasteiger partial charge < -0.3 is 19.9 Å². The third kappa shape index (κ3) is 3.29. The fraction of sp³-hybridized carbons (Fsp3) is 0.545. The molecule has 0 aromatic carbocycles. The molecular weight excluding hydrogens is 224 g/mol. The van der Waals surface area contributed by atoms with Crippen LogP contribution in [0.2, 0.25) is 0 Å². The zero-order chi connectivity index (χ0) is 12.3. The van der Waals surface area contributed by atoms with Crippen molar-refractivity contribution < 1.29 is 19.4 Å². The molecular formula is C11H16N2O4. The Morgan fingerprint density at radius 1 is 1.47 bits per heavy atom. The molecule has 6 nitrogen and oxygen atoms in total. The van der Waals surface area contributed by atoms with Gasteiger partial charge in [0.1, 0.15) is 5.76 Å². The maximum atomic E-state index is 11.5. The summed E-state index contributed by atoms with van der Waals surface area (Å²) in [5, 5.41) is 21.3. The van der Waals surface area contributed by atoms with Gasteiger partial charge in [-0.15, -0.1) is 0 Å². The Balaban J connectivity index is 1.71. The molecule has 1 amide bonds. The van der Waals surface area contributed by atoms with Crippen molar-refractivity contribution in [3.05, 3.63) is 24.2 Å². The van der Waals surface area contributed by atoms with Gasteiger partial charge in [-0.25, -0.2) is 0 Å². The first kappa shape index (κ1) is 12.1. The first-order valence-corrected chi connectivity index (χ1v) is 5.52. The molecule has 0 radical (unpaired) electrons. The summed E-state index contributed by atoms with van der Waals surface area (Å²) < 4.78 is 5.08. The number of hydrogen-bond donors (Lipinski definition) is 3. The van der Waals surface area contributed by atoms with Crippen molar-refractivity contribution in [2.45, 2.75) is 18.8 Å². The minimum absolute atomic E-state index is 0.150. The number of furan rings is 1. The lowest BCUT2D eigenvalue weighted by atomic mass is 10.3. The highest BCUT2D eigenvalue weighted by Crippen LogP contribution is 2.08. The van der Waals surface area contributed by atoms with Crippen molar-refractivity contribution in [3.8, 4) is 0 Å². The number of rotatable bonds is 4. The number of hydrogen-bond acceptors (Lipinski definition) is 5. The van der Waals surface area contributed by atoms with Crippen molar-refractivity contribution in [2.24, 2.45) is 0 Å². The molecule has 1 aliphatic heterocycles. The standard InChI is InChI=1S/C11H16N2O4/c14-9-5-13(6-10(9)15)7-11(16)12-4-8-2-1-3-17-8/h1-3,9-10,14-15H,4-7H2,(H,12,16)/t9-,10+. The monoisotopic (exact) mass is 240 g/mol. The lowest BCUT2D eigenvalue weighted by molar-refractivity contribution is -0.122. The van der Waals surface area contributed by atoms with Crippen molar-refractivity contribution in [1.29, 1.82) is 0 Å². The number of β-amino-alcohol motifs (C(OH)–C–C–N with tert-alkyl or cyclic N) is 2. The summed E-state index contributed by atoms with van der Waals surface area (Å²) in [7, 11) is 0. The van der Waals surface area contributed by atoms with E-state index in [9.17, 15) is 15.0 Å². The largest absolute Gasteiger partial charge is 0.467 e. The van der Waals surface area contributed by atoms with E-state index in [0.717, 1.165) is 0 Å². The molecule has 94 valence electrons. The third-order valence-electron chi connectivity index (χ3n) is 2.74. The Hall–Kier alpha value is -1.37. The zero-order valence-corrected chi connectivity index (χ0v) is 9.37. The number of aliphatic hydroxyl groups is 2. The van der Waals surface area contributed by atoms with E-state index < -0.39 is 12.2 Å². The summed E-state index contributed by atoms with van der Waals surface area (Å²) in [6, 6.07) is 3.54. The number of amides is 1. The van der Waals surface area contributed by atoms with E-state index in [2.05, 4.69) is 5.32 Å². The SMILES string of the molecule is O=C(CN1C[C@@H](O)[C@@H](O)C1)NCc1ccco1.